The summed E-state index contributed by atoms with van der Waals surface area (Å²) in [4.78, 5) is 38.7. The summed E-state index contributed by atoms with van der Waals surface area (Å²) in [6.45, 7) is 1.81. The monoisotopic (exact) mass is 538 g/mol. The Morgan fingerprint density at radius 3 is 2.65 bits per heavy atom. The Bertz CT molecular complexity index is 1460. The normalized spacial score (nSPS) is 15.3. The third kappa shape index (κ3) is 6.67. The van der Waals surface area contributed by atoms with Crippen molar-refractivity contribution in [2.45, 2.75) is 57.3 Å². The van der Waals surface area contributed by atoms with E-state index >= 15 is 0 Å². The molecule has 4 aromatic rings. The van der Waals surface area contributed by atoms with Crippen LogP contribution in [0.15, 0.2) is 73.2 Å². The maximum atomic E-state index is 13.3. The summed E-state index contributed by atoms with van der Waals surface area (Å²) in [5.74, 6) is -1.47. The van der Waals surface area contributed by atoms with E-state index in [1.165, 1.54) is 5.56 Å². The van der Waals surface area contributed by atoms with E-state index in [-0.39, 0.29) is 6.04 Å². The molecule has 2 atom stereocenters. The predicted molar refractivity (Wildman–Crippen MR) is 153 cm³/mol. The number of benzene rings is 1. The van der Waals surface area contributed by atoms with Gasteiger partial charge in [0.15, 0.2) is 0 Å². The van der Waals surface area contributed by atoms with Crippen molar-refractivity contribution in [2.75, 3.05) is 6.54 Å². The van der Waals surface area contributed by atoms with E-state index in [4.69, 9.17) is 0 Å². The first kappa shape index (κ1) is 27.4. The number of nitrogens with one attached hydrogen (secondary N) is 3. The van der Waals surface area contributed by atoms with Crippen LogP contribution in [0.5, 0.6) is 0 Å². The summed E-state index contributed by atoms with van der Waals surface area (Å²) < 4.78 is 0. The molecule has 1 amide bonds. The zero-order valence-corrected chi connectivity index (χ0v) is 22.3. The predicted octanol–water partition coefficient (Wildman–Crippen LogP) is 3.95. The van der Waals surface area contributed by atoms with Crippen molar-refractivity contribution in [2.24, 2.45) is 0 Å². The van der Waals surface area contributed by atoms with Crippen LogP contribution in [0, 0.1) is 0 Å². The number of carbonyl (C=O) groups is 2. The number of carboxylic acid groups (broad SMARTS) is 1. The van der Waals surface area contributed by atoms with Gasteiger partial charge < -0.3 is 21.1 Å². The molecule has 0 fully saturated rings. The summed E-state index contributed by atoms with van der Waals surface area (Å²) in [6.07, 6.45) is 9.36. The van der Waals surface area contributed by atoms with Crippen LogP contribution >= 0.6 is 0 Å². The van der Waals surface area contributed by atoms with Crippen LogP contribution in [-0.2, 0) is 24.3 Å². The van der Waals surface area contributed by atoms with Crippen molar-refractivity contribution in [1.29, 1.82) is 0 Å². The van der Waals surface area contributed by atoms with Crippen molar-refractivity contribution >= 4 is 22.8 Å². The molecule has 9 heteroatoms. The van der Waals surface area contributed by atoms with Crippen molar-refractivity contribution in [3.05, 3.63) is 101 Å². The molecular weight excluding hydrogens is 504 g/mol. The van der Waals surface area contributed by atoms with Crippen LogP contribution in [0.1, 0.15) is 64.6 Å². The summed E-state index contributed by atoms with van der Waals surface area (Å²) >= 11 is 0. The second-order valence-electron chi connectivity index (χ2n) is 10.0. The molecule has 40 heavy (non-hydrogen) atoms. The number of nitrogens with zero attached hydrogens (tertiary/aromatic N) is 3. The fraction of sp³-hybridized carbons (Fsp3) is 0.323. The fourth-order valence-corrected chi connectivity index (χ4v) is 5.28. The number of aliphatic carboxylic acids is 1. The number of amides is 1. The van der Waals surface area contributed by atoms with Gasteiger partial charge in [0, 0.05) is 48.7 Å². The molecule has 0 radical (unpaired) electrons. The molecule has 1 aromatic carbocycles. The molecule has 0 aliphatic heterocycles. The number of aromatic nitrogens is 3. The summed E-state index contributed by atoms with van der Waals surface area (Å²) in [7, 11) is 0. The van der Waals surface area contributed by atoms with E-state index in [0.717, 1.165) is 36.2 Å². The van der Waals surface area contributed by atoms with E-state index in [0.29, 0.717) is 48.9 Å². The molecule has 1 aliphatic rings. The lowest BCUT2D eigenvalue weighted by Gasteiger charge is -2.25. The van der Waals surface area contributed by atoms with E-state index in [9.17, 15) is 14.7 Å². The number of rotatable bonds is 12. The maximum absolute atomic E-state index is 13.3. The molecule has 206 valence electrons. The number of hydrogen-bond donors (Lipinski definition) is 4. The van der Waals surface area contributed by atoms with Crippen molar-refractivity contribution in [1.82, 2.24) is 30.9 Å². The lowest BCUT2D eigenvalue weighted by atomic mass is 9.92. The highest BCUT2D eigenvalue weighted by atomic mass is 16.4. The first-order valence-electron chi connectivity index (χ1n) is 13.8. The molecule has 0 bridgehead atoms. The molecule has 1 aliphatic carbocycles. The van der Waals surface area contributed by atoms with Gasteiger partial charge in [-0.2, -0.15) is 0 Å². The van der Waals surface area contributed by atoms with Crippen LogP contribution in [0.2, 0.25) is 0 Å². The highest BCUT2D eigenvalue weighted by Crippen LogP contribution is 2.27. The second-order valence-corrected chi connectivity index (χ2v) is 10.0. The van der Waals surface area contributed by atoms with Crippen LogP contribution in [0.3, 0.4) is 0 Å². The molecular formula is C31H34N6O3. The Morgan fingerprint density at radius 2 is 1.80 bits per heavy atom. The van der Waals surface area contributed by atoms with E-state index in [2.05, 4.69) is 37.0 Å². The van der Waals surface area contributed by atoms with Crippen molar-refractivity contribution in [3.8, 4) is 0 Å². The van der Waals surface area contributed by atoms with Gasteiger partial charge in [0.05, 0.1) is 16.9 Å². The lowest BCUT2D eigenvalue weighted by molar-refractivity contribution is -0.139. The minimum absolute atomic E-state index is 0.179. The average molecular weight is 539 g/mol. The highest BCUT2D eigenvalue weighted by molar-refractivity contribution is 6.07. The molecule has 9 nitrogen and oxygen atoms in total. The number of carbonyl (C=O) groups excluding carboxylic acids is 1. The molecule has 3 heterocycles. The van der Waals surface area contributed by atoms with Gasteiger partial charge in [-0.25, -0.2) is 4.79 Å². The van der Waals surface area contributed by atoms with Gasteiger partial charge in [-0.15, -0.1) is 0 Å². The number of aryl methyl sites for hydroxylation is 1. The van der Waals surface area contributed by atoms with Gasteiger partial charge >= 0.3 is 5.97 Å². The molecule has 5 rings (SSSR count). The zero-order valence-electron chi connectivity index (χ0n) is 22.3. The Balaban J connectivity index is 1.19. The van der Waals surface area contributed by atoms with Crippen molar-refractivity contribution < 1.29 is 14.7 Å². The Kier molecular flexibility index (Phi) is 9.05. The maximum Gasteiger partial charge on any atom is 0.326 e. The Morgan fingerprint density at radius 1 is 0.950 bits per heavy atom. The topological polar surface area (TPSA) is 129 Å². The number of carboxylic acids is 1. The van der Waals surface area contributed by atoms with Gasteiger partial charge in [0.1, 0.15) is 6.04 Å². The molecule has 3 aromatic heterocycles. The van der Waals surface area contributed by atoms with Gasteiger partial charge in [0.25, 0.3) is 5.91 Å². The van der Waals surface area contributed by atoms with Gasteiger partial charge in [0.2, 0.25) is 0 Å². The first-order valence-corrected chi connectivity index (χ1v) is 13.8. The highest BCUT2D eigenvalue weighted by Gasteiger charge is 2.24. The number of hydrogen-bond acceptors (Lipinski definition) is 7. The lowest BCUT2D eigenvalue weighted by Crippen LogP contribution is -2.41. The fourth-order valence-electron chi connectivity index (χ4n) is 5.28. The smallest absolute Gasteiger partial charge is 0.326 e. The second kappa shape index (κ2) is 13.2. The summed E-state index contributed by atoms with van der Waals surface area (Å²) in [5, 5.41) is 20.1. The van der Waals surface area contributed by atoms with Crippen LogP contribution in [-0.4, -0.2) is 44.5 Å². The van der Waals surface area contributed by atoms with Crippen LogP contribution in [0.4, 0.5) is 0 Å². The molecule has 0 spiro atoms. The standard InChI is InChI=1S/C31H34N6O3/c38-30(37-27(31(39)40)12-6-16-34-26-11-3-7-21-8-4-17-36-29(21)26)25-14-13-22(28-24(25)10-5-18-35-28)19-32-20-23-9-1-2-15-33-23/h1-2,4-5,8-10,13-15,17-18,26-27,32,34H,3,6-7,11-12,16,19-20H2,(H,37,38)(H,39,40)/t26?,27-/m0/s1. The van der Waals surface area contributed by atoms with Crippen LogP contribution in [0.25, 0.3) is 10.9 Å². The third-order valence-electron chi connectivity index (χ3n) is 7.30. The van der Waals surface area contributed by atoms with E-state index in [1.54, 1.807) is 24.5 Å². The SMILES string of the molecule is O=C(N[C@@H](CCCNC1CCCc2cccnc21)C(=O)O)c1ccc(CNCc2ccccn2)c2ncccc12. The molecule has 4 N–H and O–H groups in total. The van der Waals surface area contributed by atoms with E-state index < -0.39 is 17.9 Å². The summed E-state index contributed by atoms with van der Waals surface area (Å²) in [6, 6.07) is 16.3. The Labute approximate surface area is 233 Å². The molecule has 0 saturated carbocycles. The quantitative estimate of drug-likeness (QED) is 0.200. The third-order valence-corrected chi connectivity index (χ3v) is 7.30. The van der Waals surface area contributed by atoms with Gasteiger partial charge in [-0.1, -0.05) is 24.3 Å². The van der Waals surface area contributed by atoms with Crippen LogP contribution < -0.4 is 16.0 Å². The van der Waals surface area contributed by atoms with Gasteiger partial charge in [-0.3, -0.25) is 19.7 Å². The minimum atomic E-state index is -1.05. The number of fused-ring (bicyclic) bond motifs is 2. The average Bonchev–Trinajstić information content (AvgIpc) is 2.99. The largest absolute Gasteiger partial charge is 0.480 e. The Hall–Kier alpha value is -4.21. The van der Waals surface area contributed by atoms with Crippen molar-refractivity contribution in [3.63, 3.8) is 0 Å². The molecule has 0 saturated heterocycles. The van der Waals surface area contributed by atoms with Gasteiger partial charge in [-0.05, 0) is 80.1 Å². The first-order chi connectivity index (χ1) is 19.6. The molecule has 1 unspecified atom stereocenters. The zero-order chi connectivity index (χ0) is 27.7. The minimum Gasteiger partial charge on any atom is -0.480 e. The van der Waals surface area contributed by atoms with E-state index in [1.807, 2.05) is 42.6 Å². The number of pyridine rings is 3. The summed E-state index contributed by atoms with van der Waals surface area (Å²) in [5.41, 5.74) is 5.37.